The molecule has 0 aliphatic heterocycles. The summed E-state index contributed by atoms with van der Waals surface area (Å²) in [5.41, 5.74) is 1.02. The lowest BCUT2D eigenvalue weighted by Crippen LogP contribution is -2.15. The normalized spacial score (nSPS) is 14.9. The maximum atomic E-state index is 12.6. The molecule has 84 valence electrons. The number of halogens is 1. The van der Waals surface area contributed by atoms with E-state index in [2.05, 4.69) is 0 Å². The lowest BCUT2D eigenvalue weighted by Gasteiger charge is -2.13. The Balaban J connectivity index is 2.46. The second kappa shape index (κ2) is 6.10. The predicted molar refractivity (Wildman–Crippen MR) is 60.4 cm³/mol. The van der Waals surface area contributed by atoms with Crippen LogP contribution in [0.5, 0.6) is 0 Å². The Kier molecular flexibility index (Phi) is 5.08. The van der Waals surface area contributed by atoms with E-state index >= 15 is 0 Å². The van der Waals surface area contributed by atoms with Crippen molar-refractivity contribution in [3.8, 4) is 0 Å². The first kappa shape index (κ1) is 12.5. The predicted octanol–water partition coefficient (Wildman–Crippen LogP) is 1.97. The van der Waals surface area contributed by atoms with Gasteiger partial charge in [0.05, 0.1) is 12.7 Å². The highest BCUT2D eigenvalue weighted by atomic mass is 32.2. The van der Waals surface area contributed by atoms with Crippen molar-refractivity contribution in [2.45, 2.75) is 18.3 Å². The third-order valence-corrected chi connectivity index (χ3v) is 3.44. The summed E-state index contributed by atoms with van der Waals surface area (Å²) >= 11 is 1.54. The van der Waals surface area contributed by atoms with Crippen molar-refractivity contribution in [3.05, 3.63) is 35.6 Å². The summed E-state index contributed by atoms with van der Waals surface area (Å²) < 4.78 is 12.6. The molecule has 0 radical (unpaired) electrons. The van der Waals surface area contributed by atoms with E-state index in [1.165, 1.54) is 23.9 Å². The highest BCUT2D eigenvalue weighted by molar-refractivity contribution is 7.99. The van der Waals surface area contributed by atoms with E-state index in [-0.39, 0.29) is 17.7 Å². The summed E-state index contributed by atoms with van der Waals surface area (Å²) in [7, 11) is 0. The van der Waals surface area contributed by atoms with Crippen LogP contribution in [-0.4, -0.2) is 28.7 Å². The molecule has 0 aliphatic carbocycles. The summed E-state index contributed by atoms with van der Waals surface area (Å²) in [6.07, 6.45) is -0.683. The van der Waals surface area contributed by atoms with Crippen LogP contribution < -0.4 is 0 Å². The van der Waals surface area contributed by atoms with Crippen LogP contribution in [0, 0.1) is 5.82 Å². The Labute approximate surface area is 93.1 Å². The smallest absolute Gasteiger partial charge is 0.123 e. The number of benzene rings is 1. The van der Waals surface area contributed by atoms with Crippen molar-refractivity contribution in [1.29, 1.82) is 0 Å². The van der Waals surface area contributed by atoms with Gasteiger partial charge in [-0.1, -0.05) is 12.1 Å². The molecule has 0 amide bonds. The van der Waals surface area contributed by atoms with Crippen LogP contribution in [0.15, 0.2) is 24.3 Å². The molecule has 1 aromatic carbocycles. The molecule has 2 N–H and O–H groups in total. The highest BCUT2D eigenvalue weighted by Gasteiger charge is 2.09. The number of rotatable bonds is 5. The molecule has 0 heterocycles. The van der Waals surface area contributed by atoms with Gasteiger partial charge in [-0.25, -0.2) is 4.39 Å². The van der Waals surface area contributed by atoms with Crippen molar-refractivity contribution in [3.63, 3.8) is 0 Å². The van der Waals surface area contributed by atoms with Gasteiger partial charge < -0.3 is 10.2 Å². The lowest BCUT2D eigenvalue weighted by molar-refractivity contribution is 0.113. The van der Waals surface area contributed by atoms with Crippen LogP contribution in [0.2, 0.25) is 0 Å². The second-order valence-electron chi connectivity index (χ2n) is 3.36. The first-order chi connectivity index (χ1) is 7.13. The highest BCUT2D eigenvalue weighted by Crippen LogP contribution is 2.28. The molecule has 2 atom stereocenters. The van der Waals surface area contributed by atoms with E-state index in [1.54, 1.807) is 12.1 Å². The van der Waals surface area contributed by atoms with Crippen molar-refractivity contribution >= 4 is 11.8 Å². The Hall–Kier alpha value is -0.580. The molecule has 4 heteroatoms. The molecule has 0 saturated carbocycles. The number of aliphatic hydroxyl groups is 2. The van der Waals surface area contributed by atoms with Gasteiger partial charge in [0.25, 0.3) is 0 Å². The first-order valence-electron chi connectivity index (χ1n) is 4.79. The lowest BCUT2D eigenvalue weighted by atomic mass is 10.2. The summed E-state index contributed by atoms with van der Waals surface area (Å²) in [4.78, 5) is 0. The number of aliphatic hydroxyl groups excluding tert-OH is 2. The van der Waals surface area contributed by atoms with Crippen LogP contribution in [0.4, 0.5) is 4.39 Å². The zero-order chi connectivity index (χ0) is 11.3. The SMILES string of the molecule is C[C@H](SC[C@@H](O)CO)c1ccc(F)cc1. The maximum absolute atomic E-state index is 12.6. The summed E-state index contributed by atoms with van der Waals surface area (Å²) in [5, 5.41) is 18.0. The van der Waals surface area contributed by atoms with Gasteiger partial charge in [-0.15, -0.1) is 0 Å². The largest absolute Gasteiger partial charge is 0.394 e. The van der Waals surface area contributed by atoms with E-state index in [4.69, 9.17) is 10.2 Å². The molecule has 0 aliphatic rings. The van der Waals surface area contributed by atoms with Crippen molar-refractivity contribution in [2.24, 2.45) is 0 Å². The van der Waals surface area contributed by atoms with E-state index in [9.17, 15) is 4.39 Å². The van der Waals surface area contributed by atoms with Gasteiger partial charge in [0.2, 0.25) is 0 Å². The Morgan fingerprint density at radius 3 is 2.47 bits per heavy atom. The van der Waals surface area contributed by atoms with Gasteiger partial charge >= 0.3 is 0 Å². The van der Waals surface area contributed by atoms with Crippen LogP contribution in [0.3, 0.4) is 0 Å². The molecule has 2 nitrogen and oxygen atoms in total. The molecule has 0 aromatic heterocycles. The van der Waals surface area contributed by atoms with Crippen LogP contribution in [-0.2, 0) is 0 Å². The quantitative estimate of drug-likeness (QED) is 0.812. The molecule has 0 unspecified atom stereocenters. The third-order valence-electron chi connectivity index (χ3n) is 2.09. The fourth-order valence-electron chi connectivity index (χ4n) is 1.14. The standard InChI is InChI=1S/C11H15FO2S/c1-8(15-7-11(14)6-13)9-2-4-10(12)5-3-9/h2-5,8,11,13-14H,6-7H2,1H3/t8-,11-/m0/s1. The third kappa shape index (κ3) is 4.20. The van der Waals surface area contributed by atoms with Crippen molar-refractivity contribution in [1.82, 2.24) is 0 Å². The van der Waals surface area contributed by atoms with Crippen LogP contribution in [0.1, 0.15) is 17.7 Å². The summed E-state index contributed by atoms with van der Waals surface area (Å²) in [6.45, 7) is 1.77. The minimum atomic E-state index is -0.683. The number of thioether (sulfide) groups is 1. The Morgan fingerprint density at radius 1 is 1.33 bits per heavy atom. The second-order valence-corrected chi connectivity index (χ2v) is 4.74. The molecule has 0 fully saturated rings. The van der Waals surface area contributed by atoms with Gasteiger partial charge in [0, 0.05) is 11.0 Å². The molecule has 15 heavy (non-hydrogen) atoms. The Bertz CT molecular complexity index is 289. The minimum absolute atomic E-state index is 0.187. The number of hydrogen-bond acceptors (Lipinski definition) is 3. The fraction of sp³-hybridized carbons (Fsp3) is 0.455. The van der Waals surface area contributed by atoms with E-state index in [0.717, 1.165) is 5.56 Å². The van der Waals surface area contributed by atoms with Gasteiger partial charge in [-0.2, -0.15) is 11.8 Å². The zero-order valence-corrected chi connectivity index (χ0v) is 9.38. The molecule has 0 spiro atoms. The average molecular weight is 230 g/mol. The van der Waals surface area contributed by atoms with E-state index in [0.29, 0.717) is 5.75 Å². The zero-order valence-electron chi connectivity index (χ0n) is 8.56. The summed E-state index contributed by atoms with van der Waals surface area (Å²) in [6, 6.07) is 6.32. The molecule has 0 saturated heterocycles. The van der Waals surface area contributed by atoms with Crippen molar-refractivity contribution < 1.29 is 14.6 Å². The monoisotopic (exact) mass is 230 g/mol. The first-order valence-corrected chi connectivity index (χ1v) is 5.84. The molecular weight excluding hydrogens is 215 g/mol. The molecular formula is C11H15FO2S. The maximum Gasteiger partial charge on any atom is 0.123 e. The topological polar surface area (TPSA) is 40.5 Å². The average Bonchev–Trinajstić information content (AvgIpc) is 2.26. The molecule has 0 bridgehead atoms. The van der Waals surface area contributed by atoms with E-state index in [1.807, 2.05) is 6.92 Å². The van der Waals surface area contributed by atoms with Crippen LogP contribution in [0.25, 0.3) is 0 Å². The van der Waals surface area contributed by atoms with Crippen LogP contribution >= 0.6 is 11.8 Å². The molecule has 1 aromatic rings. The molecule has 1 rings (SSSR count). The van der Waals surface area contributed by atoms with Crippen molar-refractivity contribution in [2.75, 3.05) is 12.4 Å². The number of hydrogen-bond donors (Lipinski definition) is 2. The van der Waals surface area contributed by atoms with E-state index < -0.39 is 6.10 Å². The van der Waals surface area contributed by atoms with Gasteiger partial charge in [-0.05, 0) is 24.6 Å². The minimum Gasteiger partial charge on any atom is -0.394 e. The van der Waals surface area contributed by atoms with Gasteiger partial charge in [-0.3, -0.25) is 0 Å². The summed E-state index contributed by atoms with van der Waals surface area (Å²) in [5.74, 6) is 0.237. The van der Waals surface area contributed by atoms with Gasteiger partial charge in [0.1, 0.15) is 5.82 Å². The Morgan fingerprint density at radius 2 is 1.93 bits per heavy atom. The van der Waals surface area contributed by atoms with Gasteiger partial charge in [0.15, 0.2) is 0 Å². The fourth-order valence-corrected chi connectivity index (χ4v) is 2.10.